The van der Waals surface area contributed by atoms with E-state index in [1.54, 1.807) is 12.1 Å². The molecule has 0 spiro atoms. The molecule has 0 unspecified atom stereocenters. The number of hydrogen-bond acceptors (Lipinski definition) is 2. The normalized spacial score (nSPS) is 10.3. The van der Waals surface area contributed by atoms with Gasteiger partial charge in [0, 0.05) is 0 Å². The molecule has 2 aromatic rings. The van der Waals surface area contributed by atoms with E-state index in [4.69, 9.17) is 16.3 Å². The van der Waals surface area contributed by atoms with Crippen molar-refractivity contribution in [2.24, 2.45) is 0 Å². The van der Waals surface area contributed by atoms with E-state index in [1.807, 2.05) is 38.1 Å². The molecule has 3 nitrogen and oxygen atoms in total. The average molecular weight is 318 g/mol. The molecule has 0 fully saturated rings. The minimum atomic E-state index is -0.00328. The first-order valence-electron chi connectivity index (χ1n) is 7.26. The number of amides is 1. The number of ether oxygens (including phenoxy) is 1. The highest BCUT2D eigenvalue weighted by atomic mass is 35.5. The predicted octanol–water partition coefficient (Wildman–Crippen LogP) is 3.69. The molecule has 0 saturated heterocycles. The van der Waals surface area contributed by atoms with E-state index in [1.165, 1.54) is 0 Å². The van der Waals surface area contributed by atoms with Crippen molar-refractivity contribution >= 4 is 17.5 Å². The number of hydrogen-bond donors (Lipinski definition) is 1. The van der Waals surface area contributed by atoms with Crippen LogP contribution < -0.4 is 10.1 Å². The van der Waals surface area contributed by atoms with Crippen LogP contribution in [0.3, 0.4) is 0 Å². The van der Waals surface area contributed by atoms with Crippen molar-refractivity contribution in [3.63, 3.8) is 0 Å². The molecule has 0 aliphatic rings. The molecule has 0 aliphatic heterocycles. The van der Waals surface area contributed by atoms with E-state index in [2.05, 4.69) is 11.4 Å². The topological polar surface area (TPSA) is 38.3 Å². The molecule has 4 heteroatoms. The zero-order valence-electron chi connectivity index (χ0n) is 12.9. The Morgan fingerprint density at radius 2 is 1.95 bits per heavy atom. The Hall–Kier alpha value is -2.00. The summed E-state index contributed by atoms with van der Waals surface area (Å²) >= 11 is 5.99. The number of carbonyl (C=O) groups is 1. The lowest BCUT2D eigenvalue weighted by atomic mass is 10.0. The van der Waals surface area contributed by atoms with Crippen LogP contribution in [0.4, 0.5) is 0 Å². The molecule has 0 heterocycles. The van der Waals surface area contributed by atoms with Gasteiger partial charge in [-0.05, 0) is 37.1 Å². The van der Waals surface area contributed by atoms with Crippen LogP contribution in [0.25, 0.3) is 0 Å². The van der Waals surface area contributed by atoms with Gasteiger partial charge in [-0.3, -0.25) is 4.79 Å². The fourth-order valence-electron chi connectivity index (χ4n) is 2.14. The smallest absolute Gasteiger partial charge is 0.224 e. The second-order valence-electron chi connectivity index (χ2n) is 5.24. The van der Waals surface area contributed by atoms with Crippen LogP contribution in [0.15, 0.2) is 42.5 Å². The molecule has 2 aromatic carbocycles. The van der Waals surface area contributed by atoms with Crippen LogP contribution in [0.2, 0.25) is 5.02 Å². The maximum absolute atomic E-state index is 12.0. The molecular formula is C18H20ClNO2. The molecule has 116 valence electrons. The van der Waals surface area contributed by atoms with Gasteiger partial charge in [-0.2, -0.15) is 0 Å². The summed E-state index contributed by atoms with van der Waals surface area (Å²) in [6.45, 7) is 4.89. The largest absolute Gasteiger partial charge is 0.490 e. The van der Waals surface area contributed by atoms with Crippen LogP contribution in [-0.4, -0.2) is 19.1 Å². The van der Waals surface area contributed by atoms with Gasteiger partial charge in [0.25, 0.3) is 0 Å². The van der Waals surface area contributed by atoms with E-state index >= 15 is 0 Å². The average Bonchev–Trinajstić information content (AvgIpc) is 2.49. The SMILES string of the molecule is Cc1ccc(C)c(CC(=O)NCCOc2ccccc2Cl)c1. The summed E-state index contributed by atoms with van der Waals surface area (Å²) in [7, 11) is 0. The summed E-state index contributed by atoms with van der Waals surface area (Å²) in [5.74, 6) is 0.629. The van der Waals surface area contributed by atoms with Crippen LogP contribution in [0.1, 0.15) is 16.7 Å². The second kappa shape index (κ2) is 7.85. The summed E-state index contributed by atoms with van der Waals surface area (Å²) in [4.78, 5) is 12.0. The fraction of sp³-hybridized carbons (Fsp3) is 0.278. The van der Waals surface area contributed by atoms with E-state index in [0.717, 1.165) is 16.7 Å². The van der Waals surface area contributed by atoms with Crippen LogP contribution in [-0.2, 0) is 11.2 Å². The standard InChI is InChI=1S/C18H20ClNO2/c1-13-7-8-14(2)15(11-13)12-18(21)20-9-10-22-17-6-4-3-5-16(17)19/h3-8,11H,9-10,12H2,1-2H3,(H,20,21). The van der Waals surface area contributed by atoms with Gasteiger partial charge in [0.1, 0.15) is 12.4 Å². The highest BCUT2D eigenvalue weighted by Crippen LogP contribution is 2.22. The Balaban J connectivity index is 1.76. The summed E-state index contributed by atoms with van der Waals surface area (Å²) in [6.07, 6.45) is 0.388. The fourth-order valence-corrected chi connectivity index (χ4v) is 2.33. The van der Waals surface area contributed by atoms with Crippen molar-refractivity contribution in [3.05, 3.63) is 64.2 Å². The number of benzene rings is 2. The van der Waals surface area contributed by atoms with E-state index < -0.39 is 0 Å². The quantitative estimate of drug-likeness (QED) is 0.825. The first kappa shape index (κ1) is 16.4. The number of rotatable bonds is 6. The number of halogens is 1. The van der Waals surface area contributed by atoms with Gasteiger partial charge in [-0.25, -0.2) is 0 Å². The molecule has 1 amide bonds. The number of aryl methyl sites for hydroxylation is 2. The minimum Gasteiger partial charge on any atom is -0.490 e. The van der Waals surface area contributed by atoms with E-state index in [9.17, 15) is 4.79 Å². The lowest BCUT2D eigenvalue weighted by Crippen LogP contribution is -2.29. The molecule has 2 rings (SSSR count). The highest BCUT2D eigenvalue weighted by molar-refractivity contribution is 6.32. The van der Waals surface area contributed by atoms with Gasteiger partial charge in [-0.1, -0.05) is 47.5 Å². The van der Waals surface area contributed by atoms with Crippen molar-refractivity contribution < 1.29 is 9.53 Å². The monoisotopic (exact) mass is 317 g/mol. The Morgan fingerprint density at radius 1 is 1.18 bits per heavy atom. The van der Waals surface area contributed by atoms with Crippen molar-refractivity contribution in [1.29, 1.82) is 0 Å². The molecule has 1 N–H and O–H groups in total. The lowest BCUT2D eigenvalue weighted by Gasteiger charge is -2.10. The minimum absolute atomic E-state index is 0.00328. The highest BCUT2D eigenvalue weighted by Gasteiger charge is 2.06. The summed E-state index contributed by atoms with van der Waals surface area (Å²) in [5, 5.41) is 3.43. The third-order valence-electron chi connectivity index (χ3n) is 3.37. The third kappa shape index (κ3) is 4.78. The maximum Gasteiger partial charge on any atom is 0.224 e. The van der Waals surface area contributed by atoms with Gasteiger partial charge < -0.3 is 10.1 Å². The number of nitrogens with one attached hydrogen (secondary N) is 1. The van der Waals surface area contributed by atoms with Gasteiger partial charge in [0.05, 0.1) is 18.0 Å². The summed E-state index contributed by atoms with van der Waals surface area (Å²) < 4.78 is 5.53. The molecule has 0 aliphatic carbocycles. The van der Waals surface area contributed by atoms with Crippen LogP contribution >= 0.6 is 11.6 Å². The van der Waals surface area contributed by atoms with Gasteiger partial charge in [0.2, 0.25) is 5.91 Å². The molecule has 0 aromatic heterocycles. The zero-order valence-corrected chi connectivity index (χ0v) is 13.6. The van der Waals surface area contributed by atoms with E-state index in [-0.39, 0.29) is 5.91 Å². The van der Waals surface area contributed by atoms with Crippen molar-refractivity contribution in [2.45, 2.75) is 20.3 Å². The Kier molecular flexibility index (Phi) is 5.84. The zero-order chi connectivity index (χ0) is 15.9. The first-order chi connectivity index (χ1) is 10.6. The Morgan fingerprint density at radius 3 is 2.73 bits per heavy atom. The van der Waals surface area contributed by atoms with Crippen molar-refractivity contribution in [1.82, 2.24) is 5.32 Å². The van der Waals surface area contributed by atoms with Crippen LogP contribution in [0, 0.1) is 13.8 Å². The van der Waals surface area contributed by atoms with Crippen molar-refractivity contribution in [2.75, 3.05) is 13.2 Å². The first-order valence-corrected chi connectivity index (χ1v) is 7.64. The maximum atomic E-state index is 12.0. The third-order valence-corrected chi connectivity index (χ3v) is 3.69. The molecule has 0 radical (unpaired) electrons. The molecule has 22 heavy (non-hydrogen) atoms. The Labute approximate surface area is 136 Å². The van der Waals surface area contributed by atoms with E-state index in [0.29, 0.717) is 30.3 Å². The second-order valence-corrected chi connectivity index (χ2v) is 5.64. The summed E-state index contributed by atoms with van der Waals surface area (Å²) in [6, 6.07) is 13.4. The summed E-state index contributed by atoms with van der Waals surface area (Å²) in [5.41, 5.74) is 3.35. The number of carbonyl (C=O) groups excluding carboxylic acids is 1. The molecule has 0 bridgehead atoms. The number of para-hydroxylation sites is 1. The van der Waals surface area contributed by atoms with Gasteiger partial charge in [0.15, 0.2) is 0 Å². The van der Waals surface area contributed by atoms with Gasteiger partial charge >= 0.3 is 0 Å². The lowest BCUT2D eigenvalue weighted by molar-refractivity contribution is -0.120. The molecule has 0 saturated carbocycles. The Bertz CT molecular complexity index is 655. The van der Waals surface area contributed by atoms with Crippen LogP contribution in [0.5, 0.6) is 5.75 Å². The van der Waals surface area contributed by atoms with Crippen molar-refractivity contribution in [3.8, 4) is 5.75 Å². The molecular weight excluding hydrogens is 298 g/mol. The predicted molar refractivity (Wildman–Crippen MR) is 89.6 cm³/mol. The molecule has 0 atom stereocenters. The van der Waals surface area contributed by atoms with Gasteiger partial charge in [-0.15, -0.1) is 0 Å².